The number of nitrogens with one attached hydrogen (secondary N) is 2. The first-order chi connectivity index (χ1) is 14.8. The Morgan fingerprint density at radius 2 is 1.87 bits per heavy atom. The smallest absolute Gasteiger partial charge is 0.316 e. The van der Waals surface area contributed by atoms with E-state index in [0.717, 1.165) is 23.1 Å². The predicted octanol–water partition coefficient (Wildman–Crippen LogP) is 3.16. The molecule has 2 aromatic carbocycles. The van der Waals surface area contributed by atoms with Gasteiger partial charge in [-0.3, -0.25) is 19.6 Å². The topological polar surface area (TPSA) is 127 Å². The first kappa shape index (κ1) is 22.7. The number of thioether (sulfide) groups is 1. The van der Waals surface area contributed by atoms with Gasteiger partial charge in [0.15, 0.2) is 4.34 Å². The van der Waals surface area contributed by atoms with Crippen LogP contribution in [0.4, 0.5) is 10.8 Å². The first-order valence-corrected chi connectivity index (χ1v) is 12.1. The predicted molar refractivity (Wildman–Crippen MR) is 119 cm³/mol. The highest BCUT2D eigenvalue weighted by Gasteiger charge is 2.17. The number of benzene rings is 2. The van der Waals surface area contributed by atoms with Gasteiger partial charge in [0.05, 0.1) is 23.4 Å². The number of hydrogen-bond acceptors (Lipinski definition) is 9. The molecule has 0 saturated carbocycles. The molecule has 0 spiro atoms. The Morgan fingerprint density at radius 1 is 1.13 bits per heavy atom. The summed E-state index contributed by atoms with van der Waals surface area (Å²) in [5.41, 5.74) is 1.20. The molecular formula is C19H18N4O5S3. The molecule has 12 heteroatoms. The van der Waals surface area contributed by atoms with Gasteiger partial charge in [0.1, 0.15) is 0 Å². The average Bonchev–Trinajstić information content (AvgIpc) is 3.21. The van der Waals surface area contributed by atoms with E-state index in [-0.39, 0.29) is 21.3 Å². The molecule has 2 N–H and O–H groups in total. The lowest BCUT2D eigenvalue weighted by molar-refractivity contribution is -0.137. The van der Waals surface area contributed by atoms with Gasteiger partial charge in [0.25, 0.3) is 15.9 Å². The third kappa shape index (κ3) is 6.03. The van der Waals surface area contributed by atoms with Gasteiger partial charge in [-0.05, 0) is 36.8 Å². The van der Waals surface area contributed by atoms with Crippen molar-refractivity contribution in [3.63, 3.8) is 0 Å². The van der Waals surface area contributed by atoms with E-state index < -0.39 is 21.9 Å². The Hall–Kier alpha value is -2.96. The summed E-state index contributed by atoms with van der Waals surface area (Å²) in [5.74, 6) is -0.779. The standard InChI is InChI=1S/C19H18N4O5S3/c1-12-8-9-13(10-15(12)23-31(26,27)14-6-4-3-5-7-14)17(25)20-18-21-22-19(30-18)29-11-16(24)28-2/h3-10,23H,11H2,1-2H3,(H,20,21,25). The van der Waals surface area contributed by atoms with Crippen LogP contribution in [-0.2, 0) is 19.6 Å². The fourth-order valence-electron chi connectivity index (χ4n) is 2.34. The van der Waals surface area contributed by atoms with Crippen molar-refractivity contribution in [2.75, 3.05) is 22.9 Å². The number of rotatable bonds is 8. The quantitative estimate of drug-likeness (QED) is 0.287. The number of carbonyl (C=O) groups excluding carboxylic acids is 2. The number of aryl methyl sites for hydroxylation is 1. The summed E-state index contributed by atoms with van der Waals surface area (Å²) in [6.45, 7) is 1.74. The molecule has 0 saturated heterocycles. The van der Waals surface area contributed by atoms with Gasteiger partial charge in [0.2, 0.25) is 5.13 Å². The maximum absolute atomic E-state index is 12.6. The number of hydrogen-bond donors (Lipinski definition) is 2. The first-order valence-electron chi connectivity index (χ1n) is 8.81. The summed E-state index contributed by atoms with van der Waals surface area (Å²) in [6.07, 6.45) is 0. The number of aromatic nitrogens is 2. The van der Waals surface area contributed by atoms with Crippen LogP contribution in [-0.4, -0.2) is 43.4 Å². The number of amides is 1. The molecule has 1 aromatic heterocycles. The van der Waals surface area contributed by atoms with E-state index in [4.69, 9.17) is 0 Å². The molecule has 9 nitrogen and oxygen atoms in total. The lowest BCUT2D eigenvalue weighted by Gasteiger charge is -2.12. The van der Waals surface area contributed by atoms with Crippen molar-refractivity contribution >= 4 is 55.8 Å². The van der Waals surface area contributed by atoms with Gasteiger partial charge in [-0.1, -0.05) is 47.4 Å². The molecule has 31 heavy (non-hydrogen) atoms. The highest BCUT2D eigenvalue weighted by molar-refractivity contribution is 8.01. The monoisotopic (exact) mass is 478 g/mol. The zero-order valence-electron chi connectivity index (χ0n) is 16.5. The molecule has 3 aromatic rings. The third-order valence-corrected chi connectivity index (χ3v) is 7.29. The Labute approximate surface area is 187 Å². The Balaban J connectivity index is 1.72. The van der Waals surface area contributed by atoms with E-state index in [9.17, 15) is 18.0 Å². The molecule has 3 rings (SSSR count). The van der Waals surface area contributed by atoms with Crippen LogP contribution in [0.25, 0.3) is 0 Å². The average molecular weight is 479 g/mol. The summed E-state index contributed by atoms with van der Waals surface area (Å²) in [4.78, 5) is 23.9. The van der Waals surface area contributed by atoms with E-state index >= 15 is 0 Å². The Kier molecular flexibility index (Phi) is 7.25. The SMILES string of the molecule is COC(=O)CSc1nnc(NC(=O)c2ccc(C)c(NS(=O)(=O)c3ccccc3)c2)s1. The number of carbonyl (C=O) groups is 2. The van der Waals surface area contributed by atoms with E-state index in [1.807, 2.05) is 0 Å². The molecule has 1 amide bonds. The molecule has 0 aliphatic heterocycles. The second-order valence-corrected chi connectivity index (χ2v) is 10.0. The molecule has 0 atom stereocenters. The van der Waals surface area contributed by atoms with Gasteiger partial charge in [-0.15, -0.1) is 10.2 Å². The van der Waals surface area contributed by atoms with Gasteiger partial charge in [0, 0.05) is 5.56 Å². The zero-order valence-corrected chi connectivity index (χ0v) is 18.9. The van der Waals surface area contributed by atoms with E-state index in [0.29, 0.717) is 15.6 Å². The Bertz CT molecular complexity index is 1200. The summed E-state index contributed by atoms with van der Waals surface area (Å²) in [5, 5.41) is 10.7. The number of esters is 1. The van der Waals surface area contributed by atoms with Crippen molar-refractivity contribution in [3.8, 4) is 0 Å². The van der Waals surface area contributed by atoms with Crippen LogP contribution in [0.15, 0.2) is 57.8 Å². The van der Waals surface area contributed by atoms with Crippen LogP contribution in [0.5, 0.6) is 0 Å². The maximum Gasteiger partial charge on any atom is 0.316 e. The lowest BCUT2D eigenvalue weighted by Crippen LogP contribution is -2.16. The van der Waals surface area contributed by atoms with Crippen molar-refractivity contribution in [2.24, 2.45) is 0 Å². The van der Waals surface area contributed by atoms with Crippen LogP contribution in [0.1, 0.15) is 15.9 Å². The molecule has 0 unspecified atom stereocenters. The fraction of sp³-hybridized carbons (Fsp3) is 0.158. The summed E-state index contributed by atoms with van der Waals surface area (Å²) < 4.78 is 32.8. The second kappa shape index (κ2) is 9.90. The van der Waals surface area contributed by atoms with Gasteiger partial charge in [-0.2, -0.15) is 0 Å². The molecule has 0 aliphatic carbocycles. The molecule has 0 fully saturated rings. The van der Waals surface area contributed by atoms with E-state index in [1.54, 1.807) is 37.3 Å². The number of methoxy groups -OCH3 is 1. The van der Waals surface area contributed by atoms with Gasteiger partial charge in [-0.25, -0.2) is 8.42 Å². The molecule has 1 heterocycles. The van der Waals surface area contributed by atoms with E-state index in [1.165, 1.54) is 25.3 Å². The second-order valence-electron chi connectivity index (χ2n) is 6.14. The summed E-state index contributed by atoms with van der Waals surface area (Å²) >= 11 is 2.26. The van der Waals surface area contributed by atoms with Crippen molar-refractivity contribution in [3.05, 3.63) is 59.7 Å². The maximum atomic E-state index is 12.6. The summed E-state index contributed by atoms with van der Waals surface area (Å²) in [7, 11) is -2.50. The lowest BCUT2D eigenvalue weighted by atomic mass is 10.1. The van der Waals surface area contributed by atoms with Crippen LogP contribution in [0.2, 0.25) is 0 Å². The number of ether oxygens (including phenoxy) is 1. The van der Waals surface area contributed by atoms with E-state index in [2.05, 4.69) is 25.0 Å². The number of nitrogens with zero attached hydrogens (tertiary/aromatic N) is 2. The minimum absolute atomic E-state index is 0.0853. The molecular weight excluding hydrogens is 460 g/mol. The zero-order chi connectivity index (χ0) is 22.4. The fourth-order valence-corrected chi connectivity index (χ4v) is 5.07. The van der Waals surface area contributed by atoms with Crippen molar-refractivity contribution in [2.45, 2.75) is 16.2 Å². The minimum atomic E-state index is -3.79. The largest absolute Gasteiger partial charge is 0.468 e. The van der Waals surface area contributed by atoms with Crippen LogP contribution < -0.4 is 10.0 Å². The molecule has 0 radical (unpaired) electrons. The van der Waals surface area contributed by atoms with Crippen molar-refractivity contribution in [1.29, 1.82) is 0 Å². The van der Waals surface area contributed by atoms with Crippen LogP contribution >= 0.6 is 23.1 Å². The van der Waals surface area contributed by atoms with Crippen LogP contribution in [0, 0.1) is 6.92 Å². The number of sulfonamides is 1. The van der Waals surface area contributed by atoms with Gasteiger partial charge >= 0.3 is 5.97 Å². The molecule has 162 valence electrons. The summed E-state index contributed by atoms with van der Waals surface area (Å²) in [6, 6.07) is 12.6. The Morgan fingerprint density at radius 3 is 2.58 bits per heavy atom. The highest BCUT2D eigenvalue weighted by Crippen LogP contribution is 2.26. The van der Waals surface area contributed by atoms with Crippen LogP contribution in [0.3, 0.4) is 0 Å². The molecule has 0 bridgehead atoms. The number of anilines is 2. The van der Waals surface area contributed by atoms with Crippen molar-refractivity contribution in [1.82, 2.24) is 10.2 Å². The third-order valence-electron chi connectivity index (χ3n) is 3.97. The molecule has 0 aliphatic rings. The highest BCUT2D eigenvalue weighted by atomic mass is 32.2. The van der Waals surface area contributed by atoms with Crippen molar-refractivity contribution < 1.29 is 22.7 Å². The minimum Gasteiger partial charge on any atom is -0.468 e. The van der Waals surface area contributed by atoms with Gasteiger partial charge < -0.3 is 4.74 Å². The normalized spacial score (nSPS) is 11.0.